The summed E-state index contributed by atoms with van der Waals surface area (Å²) in [6.45, 7) is 9.79. The van der Waals surface area contributed by atoms with Crippen LogP contribution in [-0.4, -0.2) is 66.4 Å². The van der Waals surface area contributed by atoms with Crippen LogP contribution in [0.5, 0.6) is 5.75 Å². The molecule has 0 saturated heterocycles. The van der Waals surface area contributed by atoms with Gasteiger partial charge < -0.3 is 24.8 Å². The Balaban J connectivity index is 1.29. The Morgan fingerprint density at radius 2 is 1.75 bits per heavy atom. The molecule has 0 unspecified atom stereocenters. The first-order chi connectivity index (χ1) is 28.8. The Kier molecular flexibility index (Phi) is 13.7. The summed E-state index contributed by atoms with van der Waals surface area (Å²) in [6.07, 6.45) is 0.535. The molecule has 0 radical (unpaired) electrons. The predicted molar refractivity (Wildman–Crippen MR) is 224 cm³/mol. The second kappa shape index (κ2) is 18.2. The minimum Gasteiger partial charge on any atom is -0.493 e. The lowest BCUT2D eigenvalue weighted by atomic mass is 9.59. The van der Waals surface area contributed by atoms with Crippen molar-refractivity contribution >= 4 is 41.2 Å². The van der Waals surface area contributed by atoms with Crippen molar-refractivity contribution in [2.24, 2.45) is 11.8 Å². The Morgan fingerprint density at radius 3 is 2.43 bits per heavy atom. The van der Waals surface area contributed by atoms with Crippen LogP contribution in [-0.2, 0) is 48.7 Å². The summed E-state index contributed by atoms with van der Waals surface area (Å²) in [5.74, 6) is -2.30. The van der Waals surface area contributed by atoms with Gasteiger partial charge in [-0.15, -0.1) is 0 Å². The largest absolute Gasteiger partial charge is 0.493 e. The molecule has 1 saturated carbocycles. The first kappa shape index (κ1) is 45.7. The van der Waals surface area contributed by atoms with E-state index >= 15 is 0 Å². The number of fused-ring (bicyclic) bond motifs is 3. The number of hydrogen-bond acceptors (Lipinski definition) is 8. The zero-order chi connectivity index (χ0) is 44.3. The molecule has 1 fully saturated rings. The number of esters is 1. The molecule has 1 heterocycles. The molecule has 61 heavy (non-hydrogen) atoms. The van der Waals surface area contributed by atoms with Crippen LogP contribution in [0.1, 0.15) is 113 Å². The maximum atomic E-state index is 14.5. The number of aromatic nitrogens is 1. The van der Waals surface area contributed by atoms with Gasteiger partial charge in [-0.05, 0) is 143 Å². The number of methoxy groups -OCH3 is 1. The number of anilines is 1. The number of hydrogen-bond donors (Lipinski definition) is 2. The summed E-state index contributed by atoms with van der Waals surface area (Å²) >= 11 is 6.25. The van der Waals surface area contributed by atoms with Crippen LogP contribution in [0.3, 0.4) is 0 Å². The zero-order valence-electron chi connectivity index (χ0n) is 35.7. The van der Waals surface area contributed by atoms with Crippen molar-refractivity contribution in [2.45, 2.75) is 128 Å². The highest BCUT2D eigenvalue weighted by Gasteiger charge is 2.60. The molecule has 3 aliphatic rings. The lowest BCUT2D eigenvalue weighted by molar-refractivity contribution is -0.174. The van der Waals surface area contributed by atoms with Crippen molar-refractivity contribution in [1.29, 1.82) is 0 Å². The number of alkyl carbamates (subject to hydrolysis) is 1. The summed E-state index contributed by atoms with van der Waals surface area (Å²) in [6, 6.07) is 13.4. The minimum atomic E-state index is -5.30. The van der Waals surface area contributed by atoms with E-state index in [1.165, 1.54) is 24.3 Å². The molecular formula is C46H56ClF3N4O7. The molecule has 2 aromatic carbocycles. The molecule has 6 rings (SSSR count). The van der Waals surface area contributed by atoms with E-state index in [4.69, 9.17) is 25.8 Å². The van der Waals surface area contributed by atoms with Crippen LogP contribution < -0.4 is 20.3 Å². The zero-order valence-corrected chi connectivity index (χ0v) is 36.4. The van der Waals surface area contributed by atoms with Gasteiger partial charge in [-0.3, -0.25) is 19.5 Å². The van der Waals surface area contributed by atoms with Crippen LogP contribution in [0.4, 0.5) is 23.7 Å². The number of ether oxygens (including phenoxy) is 3. The Morgan fingerprint density at radius 1 is 1.02 bits per heavy atom. The third-order valence-corrected chi connectivity index (χ3v) is 12.7. The van der Waals surface area contributed by atoms with Crippen LogP contribution in [0.25, 0.3) is 0 Å². The van der Waals surface area contributed by atoms with Gasteiger partial charge >= 0.3 is 24.1 Å². The smallest absolute Gasteiger partial charge is 0.471 e. The topological polar surface area (TPSA) is 136 Å². The van der Waals surface area contributed by atoms with Crippen molar-refractivity contribution in [3.8, 4) is 5.75 Å². The van der Waals surface area contributed by atoms with Crippen molar-refractivity contribution in [3.63, 3.8) is 0 Å². The van der Waals surface area contributed by atoms with Gasteiger partial charge in [0.05, 0.1) is 13.7 Å². The standard InChI is InChI=1S/C46H56ClF3N4O7/c1-28(27-60-37-15-20-51-36-12-7-9-29(2)39(36)37)21-32-23-31-14-13-30(25-52-38(55)26-53-42(58)61-43(3,4)5)22-35(31)44(32)16-18-45(19-17-44,41(57)59-6)54(40(56)46(48,49)50)34-11-8-10-33(47)24-34/h8,10-11,13-15,20,22,24,28-29,32H,7,9,12,16-19,21,23,25-27H2,1-6H3,(H,52,55)(H,53,58)/t28-,29-,32+,44?,45?/m1/s1. The van der Waals surface area contributed by atoms with Gasteiger partial charge in [0, 0.05) is 34.7 Å². The number of carbonyl (C=O) groups is 4. The molecule has 15 heteroatoms. The second-order valence-electron chi connectivity index (χ2n) is 17.9. The molecule has 11 nitrogen and oxygen atoms in total. The second-order valence-corrected chi connectivity index (χ2v) is 18.4. The lowest BCUT2D eigenvalue weighted by Crippen LogP contribution is -2.63. The van der Waals surface area contributed by atoms with Crippen molar-refractivity contribution < 1.29 is 46.6 Å². The van der Waals surface area contributed by atoms with Crippen molar-refractivity contribution in [3.05, 3.63) is 87.7 Å². The van der Waals surface area contributed by atoms with Gasteiger partial charge in [0.15, 0.2) is 0 Å². The molecule has 3 atom stereocenters. The molecule has 0 aliphatic heterocycles. The maximum absolute atomic E-state index is 14.5. The number of rotatable bonds is 12. The molecule has 330 valence electrons. The molecule has 0 bridgehead atoms. The van der Waals surface area contributed by atoms with E-state index in [1.54, 1.807) is 27.0 Å². The van der Waals surface area contributed by atoms with Gasteiger partial charge in [-0.25, -0.2) is 9.59 Å². The number of alkyl halides is 3. The molecule has 3 amide bonds. The molecule has 1 aromatic heterocycles. The summed E-state index contributed by atoms with van der Waals surface area (Å²) < 4.78 is 60.4. The van der Waals surface area contributed by atoms with Crippen molar-refractivity contribution in [2.75, 3.05) is 25.2 Å². The van der Waals surface area contributed by atoms with Crippen LogP contribution in [0.15, 0.2) is 54.7 Å². The fourth-order valence-corrected chi connectivity index (χ4v) is 9.93. The predicted octanol–water partition coefficient (Wildman–Crippen LogP) is 8.91. The molecule has 1 spiro atoms. The van der Waals surface area contributed by atoms with Gasteiger partial charge in [0.1, 0.15) is 23.4 Å². The molecule has 3 aromatic rings. The van der Waals surface area contributed by atoms with E-state index in [0.29, 0.717) is 30.3 Å². The van der Waals surface area contributed by atoms with E-state index in [-0.39, 0.29) is 61.3 Å². The average Bonchev–Trinajstić information content (AvgIpc) is 3.48. The van der Waals surface area contributed by atoms with Gasteiger partial charge in [0.2, 0.25) is 5.91 Å². The first-order valence-electron chi connectivity index (χ1n) is 21.0. The number of carbonyl (C=O) groups excluding carboxylic acids is 4. The molecule has 2 N–H and O–H groups in total. The normalized spacial score (nSPS) is 22.7. The molecular weight excluding hydrogens is 813 g/mol. The molecule has 3 aliphatic carbocycles. The first-order valence-corrected chi connectivity index (χ1v) is 21.4. The highest BCUT2D eigenvalue weighted by molar-refractivity contribution is 6.31. The Bertz CT molecular complexity index is 2110. The van der Waals surface area contributed by atoms with Gasteiger partial charge in [-0.1, -0.05) is 49.7 Å². The third-order valence-electron chi connectivity index (χ3n) is 12.5. The number of nitrogens with zero attached hydrogens (tertiary/aromatic N) is 2. The third kappa shape index (κ3) is 10.1. The fraction of sp³-hybridized carbons (Fsp3) is 0.543. The number of aryl methyl sites for hydroxylation is 1. The van der Waals surface area contributed by atoms with E-state index in [1.807, 2.05) is 24.3 Å². The van der Waals surface area contributed by atoms with Crippen LogP contribution in [0.2, 0.25) is 5.02 Å². The number of halogens is 4. The highest BCUT2D eigenvalue weighted by Crippen LogP contribution is 2.57. The van der Waals surface area contributed by atoms with E-state index in [0.717, 1.165) is 60.1 Å². The number of nitrogens with one attached hydrogen (secondary N) is 2. The summed E-state index contributed by atoms with van der Waals surface area (Å²) in [4.78, 5) is 57.4. The van der Waals surface area contributed by atoms with E-state index in [2.05, 4.69) is 29.5 Å². The highest BCUT2D eigenvalue weighted by atomic mass is 35.5. The fourth-order valence-electron chi connectivity index (χ4n) is 9.75. The van der Waals surface area contributed by atoms with Crippen LogP contribution >= 0.6 is 11.6 Å². The number of benzene rings is 2. The average molecular weight is 869 g/mol. The lowest BCUT2D eigenvalue weighted by Gasteiger charge is -2.51. The number of amides is 3. The minimum absolute atomic E-state index is 0.00262. The number of pyridine rings is 1. The SMILES string of the molecule is COC(=O)C1(N(C(=O)C(F)(F)F)c2cccc(Cl)c2)CCC2(CC1)c1cc(CNC(=O)CNC(=O)OC(C)(C)C)ccc1C[C@@H]2C[C@@H](C)COc1ccnc2c1[C@H](C)CCC2. The Labute approximate surface area is 360 Å². The summed E-state index contributed by atoms with van der Waals surface area (Å²) in [7, 11) is 1.11. The van der Waals surface area contributed by atoms with E-state index in [9.17, 15) is 32.3 Å². The Hall–Kier alpha value is -4.85. The van der Waals surface area contributed by atoms with Gasteiger partial charge in [-0.2, -0.15) is 13.2 Å². The monoisotopic (exact) mass is 868 g/mol. The maximum Gasteiger partial charge on any atom is 0.471 e. The summed E-state index contributed by atoms with van der Waals surface area (Å²) in [5, 5.41) is 5.41. The van der Waals surface area contributed by atoms with Gasteiger partial charge in [0.25, 0.3) is 0 Å². The summed E-state index contributed by atoms with van der Waals surface area (Å²) in [5.41, 5.74) is 1.62. The van der Waals surface area contributed by atoms with E-state index < -0.39 is 46.6 Å². The quantitative estimate of drug-likeness (QED) is 0.172. The van der Waals surface area contributed by atoms with Crippen molar-refractivity contribution in [1.82, 2.24) is 15.6 Å². The van der Waals surface area contributed by atoms with Crippen LogP contribution in [0, 0.1) is 11.8 Å².